The number of carbonyl (C=O) groups is 2. The van der Waals surface area contributed by atoms with Crippen molar-refractivity contribution in [2.24, 2.45) is 0 Å². The predicted molar refractivity (Wildman–Crippen MR) is 102 cm³/mol. The second-order valence-electron chi connectivity index (χ2n) is 6.51. The van der Waals surface area contributed by atoms with E-state index in [4.69, 9.17) is 4.74 Å². The van der Waals surface area contributed by atoms with Gasteiger partial charge in [-0.05, 0) is 37.3 Å². The lowest BCUT2D eigenvalue weighted by molar-refractivity contribution is -0.892. The first-order valence-corrected chi connectivity index (χ1v) is 9.28. The van der Waals surface area contributed by atoms with Gasteiger partial charge in [-0.3, -0.25) is 9.69 Å². The molecule has 1 fully saturated rings. The summed E-state index contributed by atoms with van der Waals surface area (Å²) in [6.07, 6.45) is 1.93. The molecule has 1 aliphatic heterocycles. The zero-order valence-corrected chi connectivity index (χ0v) is 15.5. The highest BCUT2D eigenvalue weighted by molar-refractivity contribution is 5.93. The van der Waals surface area contributed by atoms with Crippen LogP contribution in [-0.2, 0) is 9.53 Å². The number of nitrogens with zero attached hydrogens (tertiary/aromatic N) is 1. The number of pyridine rings is 1. The Morgan fingerprint density at radius 2 is 1.89 bits per heavy atom. The maximum atomic E-state index is 12.3. The summed E-state index contributed by atoms with van der Waals surface area (Å²) in [6, 6.07) is 12.8. The van der Waals surface area contributed by atoms with Gasteiger partial charge in [0.05, 0.1) is 18.4 Å². The first-order chi connectivity index (χ1) is 13.2. The maximum absolute atomic E-state index is 12.3. The SMILES string of the molecule is CCOC(=O)c1ccc(NC(=O)C[NH+]2CCN(c3cccc[nH+]3)CC2)cc1. The third-order valence-electron chi connectivity index (χ3n) is 4.59. The number of amides is 1. The van der Waals surface area contributed by atoms with E-state index in [2.05, 4.69) is 21.3 Å². The first kappa shape index (κ1) is 18.8. The van der Waals surface area contributed by atoms with E-state index in [-0.39, 0.29) is 11.9 Å². The van der Waals surface area contributed by atoms with Crippen LogP contribution in [0.15, 0.2) is 48.7 Å². The van der Waals surface area contributed by atoms with Crippen molar-refractivity contribution in [3.8, 4) is 0 Å². The van der Waals surface area contributed by atoms with Gasteiger partial charge in [-0.2, -0.15) is 0 Å². The molecule has 3 N–H and O–H groups in total. The highest BCUT2D eigenvalue weighted by atomic mass is 16.5. The summed E-state index contributed by atoms with van der Waals surface area (Å²) in [4.78, 5) is 30.8. The number of aromatic nitrogens is 1. The van der Waals surface area contributed by atoms with Gasteiger partial charge in [0.2, 0.25) is 0 Å². The Morgan fingerprint density at radius 1 is 1.15 bits per heavy atom. The molecule has 2 aromatic rings. The fraction of sp³-hybridized carbons (Fsp3) is 0.350. The van der Waals surface area contributed by atoms with Crippen molar-refractivity contribution in [1.29, 1.82) is 0 Å². The lowest BCUT2D eigenvalue weighted by atomic mass is 10.2. The number of hydrogen-bond donors (Lipinski definition) is 2. The molecular weight excluding hydrogens is 344 g/mol. The largest absolute Gasteiger partial charge is 0.462 e. The predicted octanol–water partition coefficient (Wildman–Crippen LogP) is 0.0210. The van der Waals surface area contributed by atoms with Crippen molar-refractivity contribution >= 4 is 23.4 Å². The fourth-order valence-corrected chi connectivity index (χ4v) is 3.16. The van der Waals surface area contributed by atoms with Crippen LogP contribution in [0.2, 0.25) is 0 Å². The van der Waals surface area contributed by atoms with Crippen molar-refractivity contribution in [1.82, 2.24) is 0 Å². The topological polar surface area (TPSA) is 77.2 Å². The van der Waals surface area contributed by atoms with Gasteiger partial charge in [-0.1, -0.05) is 6.07 Å². The average molecular weight is 370 g/mol. The number of anilines is 2. The van der Waals surface area contributed by atoms with Gasteiger partial charge in [0.1, 0.15) is 26.2 Å². The van der Waals surface area contributed by atoms with Crippen LogP contribution in [0.4, 0.5) is 11.5 Å². The normalized spacial score (nSPS) is 14.6. The van der Waals surface area contributed by atoms with Gasteiger partial charge in [0.15, 0.2) is 6.54 Å². The van der Waals surface area contributed by atoms with E-state index >= 15 is 0 Å². The molecule has 1 aromatic carbocycles. The van der Waals surface area contributed by atoms with Crippen molar-refractivity contribution < 1.29 is 24.2 Å². The van der Waals surface area contributed by atoms with E-state index in [9.17, 15) is 9.59 Å². The van der Waals surface area contributed by atoms with Gasteiger partial charge in [-0.25, -0.2) is 9.78 Å². The summed E-state index contributed by atoms with van der Waals surface area (Å²) in [5.41, 5.74) is 1.17. The van der Waals surface area contributed by atoms with E-state index in [0.29, 0.717) is 24.4 Å². The minimum absolute atomic E-state index is 0.0198. The molecule has 1 saturated heterocycles. The number of esters is 1. The summed E-state index contributed by atoms with van der Waals surface area (Å²) in [5.74, 6) is 0.740. The quantitative estimate of drug-likeness (QED) is 0.703. The number of quaternary nitrogens is 1. The number of nitrogens with one attached hydrogen (secondary N) is 3. The summed E-state index contributed by atoms with van der Waals surface area (Å²) in [7, 11) is 0. The van der Waals surface area contributed by atoms with Gasteiger partial charge < -0.3 is 15.0 Å². The Hall–Kier alpha value is -2.93. The third kappa shape index (κ3) is 5.27. The Bertz CT molecular complexity index is 757. The van der Waals surface area contributed by atoms with Gasteiger partial charge in [0, 0.05) is 11.8 Å². The zero-order chi connectivity index (χ0) is 19.1. The lowest BCUT2D eigenvalue weighted by Gasteiger charge is -2.27. The molecule has 0 atom stereocenters. The second-order valence-corrected chi connectivity index (χ2v) is 6.51. The number of ether oxygens (including phenoxy) is 1. The van der Waals surface area contributed by atoms with E-state index in [1.807, 2.05) is 18.3 Å². The molecule has 0 saturated carbocycles. The number of H-pyrrole nitrogens is 1. The van der Waals surface area contributed by atoms with Crippen molar-refractivity contribution in [2.75, 3.05) is 49.5 Å². The molecule has 0 aliphatic carbocycles. The molecule has 1 aromatic heterocycles. The van der Waals surface area contributed by atoms with E-state index < -0.39 is 0 Å². The van der Waals surface area contributed by atoms with E-state index in [1.165, 1.54) is 4.90 Å². The average Bonchev–Trinajstić information content (AvgIpc) is 2.70. The van der Waals surface area contributed by atoms with Crippen LogP contribution in [0.3, 0.4) is 0 Å². The summed E-state index contributed by atoms with van der Waals surface area (Å²) in [5, 5.41) is 2.90. The van der Waals surface area contributed by atoms with Crippen molar-refractivity contribution in [3.05, 3.63) is 54.2 Å². The Labute approximate surface area is 158 Å². The van der Waals surface area contributed by atoms with Gasteiger partial charge in [-0.15, -0.1) is 0 Å². The molecule has 3 rings (SSSR count). The van der Waals surface area contributed by atoms with Crippen LogP contribution in [0.5, 0.6) is 0 Å². The van der Waals surface area contributed by atoms with Gasteiger partial charge >= 0.3 is 5.97 Å². The minimum atomic E-state index is -0.353. The lowest BCUT2D eigenvalue weighted by Crippen LogP contribution is -3.15. The van der Waals surface area contributed by atoms with Crippen LogP contribution in [0, 0.1) is 0 Å². The zero-order valence-electron chi connectivity index (χ0n) is 15.5. The minimum Gasteiger partial charge on any atom is -0.462 e. The summed E-state index contributed by atoms with van der Waals surface area (Å²) >= 11 is 0. The number of carbonyl (C=O) groups excluding carboxylic acids is 2. The molecule has 27 heavy (non-hydrogen) atoms. The van der Waals surface area contributed by atoms with Crippen molar-refractivity contribution in [3.63, 3.8) is 0 Å². The molecule has 1 aliphatic rings. The first-order valence-electron chi connectivity index (χ1n) is 9.28. The highest BCUT2D eigenvalue weighted by Crippen LogP contribution is 2.10. The van der Waals surface area contributed by atoms with E-state index in [1.54, 1.807) is 31.2 Å². The van der Waals surface area contributed by atoms with Crippen LogP contribution >= 0.6 is 0 Å². The molecule has 142 valence electrons. The fourth-order valence-electron chi connectivity index (χ4n) is 3.16. The molecule has 1 amide bonds. The number of rotatable bonds is 6. The molecule has 7 heteroatoms. The third-order valence-corrected chi connectivity index (χ3v) is 4.59. The Morgan fingerprint density at radius 3 is 2.52 bits per heavy atom. The number of piperazine rings is 1. The number of benzene rings is 1. The molecule has 7 nitrogen and oxygen atoms in total. The second kappa shape index (κ2) is 9.14. The molecule has 0 radical (unpaired) electrons. The molecule has 0 unspecified atom stereocenters. The monoisotopic (exact) mass is 370 g/mol. The van der Waals surface area contributed by atoms with Crippen LogP contribution in [0.1, 0.15) is 17.3 Å². The van der Waals surface area contributed by atoms with Crippen LogP contribution in [0.25, 0.3) is 0 Å². The summed E-state index contributed by atoms with van der Waals surface area (Å²) < 4.78 is 4.95. The molecular formula is C20H26N4O3+2. The summed E-state index contributed by atoms with van der Waals surface area (Å²) in [6.45, 7) is 6.21. The Balaban J connectivity index is 1.45. The maximum Gasteiger partial charge on any atom is 0.338 e. The standard InChI is InChI=1S/C20H24N4O3/c1-2-27-20(26)16-6-8-17(9-7-16)22-19(25)15-23-11-13-24(14-12-23)18-5-3-4-10-21-18/h3-10H,2,11-15H2,1H3,(H,22,25)/p+2. The number of aromatic amines is 1. The highest BCUT2D eigenvalue weighted by Gasteiger charge is 2.27. The smallest absolute Gasteiger partial charge is 0.338 e. The molecule has 0 spiro atoms. The van der Waals surface area contributed by atoms with Crippen molar-refractivity contribution in [2.45, 2.75) is 6.92 Å². The van der Waals surface area contributed by atoms with Gasteiger partial charge in [0.25, 0.3) is 11.7 Å². The number of hydrogen-bond acceptors (Lipinski definition) is 4. The molecule has 0 bridgehead atoms. The molecule has 2 heterocycles. The Kier molecular flexibility index (Phi) is 6.38. The van der Waals surface area contributed by atoms with Crippen LogP contribution < -0.4 is 20.1 Å². The van der Waals surface area contributed by atoms with Crippen LogP contribution in [-0.4, -0.2) is 51.2 Å². The van der Waals surface area contributed by atoms with E-state index in [0.717, 1.165) is 32.0 Å².